The molecule has 0 unspecified atom stereocenters. The number of nitrogens with zero attached hydrogens (tertiary/aromatic N) is 2. The molecule has 7 heteroatoms. The zero-order valence-corrected chi connectivity index (χ0v) is 17.1. The van der Waals surface area contributed by atoms with E-state index in [1.54, 1.807) is 6.07 Å². The second kappa shape index (κ2) is 7.85. The molecule has 4 rings (SSSR count). The Morgan fingerprint density at radius 1 is 1.10 bits per heavy atom. The first-order valence-electron chi connectivity index (χ1n) is 10.3. The first-order valence-corrected chi connectivity index (χ1v) is 10.3. The Balaban J connectivity index is 1.69. The molecular formula is C23H26F3N3O. The van der Waals surface area contributed by atoms with E-state index in [0.717, 1.165) is 24.0 Å². The Hall–Kier alpha value is -2.70. The van der Waals surface area contributed by atoms with Crippen molar-refractivity contribution < 1.29 is 18.0 Å². The summed E-state index contributed by atoms with van der Waals surface area (Å²) >= 11 is 0. The van der Waals surface area contributed by atoms with E-state index in [0.29, 0.717) is 25.1 Å². The van der Waals surface area contributed by atoms with Crippen molar-refractivity contribution in [2.45, 2.75) is 38.5 Å². The number of hydrogen-bond donors (Lipinski definition) is 1. The average Bonchev–Trinajstić information content (AvgIpc) is 2.71. The Bertz CT molecular complexity index is 914. The number of para-hydroxylation sites is 1. The first-order chi connectivity index (χ1) is 14.2. The molecule has 2 aliphatic heterocycles. The number of rotatable bonds is 3. The van der Waals surface area contributed by atoms with Gasteiger partial charge < -0.3 is 15.1 Å². The molecule has 2 aliphatic rings. The maximum absolute atomic E-state index is 13.3. The van der Waals surface area contributed by atoms with Crippen molar-refractivity contribution in [1.82, 2.24) is 5.32 Å². The minimum atomic E-state index is -4.40. The van der Waals surface area contributed by atoms with Crippen LogP contribution in [0.3, 0.4) is 0 Å². The van der Waals surface area contributed by atoms with Crippen LogP contribution in [0.1, 0.15) is 25.0 Å². The fourth-order valence-electron chi connectivity index (χ4n) is 4.56. The van der Waals surface area contributed by atoms with Crippen molar-refractivity contribution >= 4 is 17.3 Å². The number of fused-ring (bicyclic) bond motifs is 3. The minimum absolute atomic E-state index is 0.0253. The van der Waals surface area contributed by atoms with Crippen molar-refractivity contribution in [3.05, 3.63) is 59.7 Å². The van der Waals surface area contributed by atoms with Crippen LogP contribution >= 0.6 is 0 Å². The number of halogens is 3. The molecule has 0 aromatic heterocycles. The summed E-state index contributed by atoms with van der Waals surface area (Å²) in [6.45, 7) is 5.85. The van der Waals surface area contributed by atoms with Gasteiger partial charge in [0.05, 0.1) is 17.5 Å². The fourth-order valence-corrected chi connectivity index (χ4v) is 4.56. The first kappa shape index (κ1) is 20.6. The highest BCUT2D eigenvalue weighted by Crippen LogP contribution is 2.40. The predicted octanol–water partition coefficient (Wildman–Crippen LogP) is 4.10. The second-order valence-corrected chi connectivity index (χ2v) is 8.36. The van der Waals surface area contributed by atoms with Crippen LogP contribution in [0.15, 0.2) is 48.5 Å². The van der Waals surface area contributed by atoms with E-state index >= 15 is 0 Å². The number of alkyl halides is 3. The van der Waals surface area contributed by atoms with Gasteiger partial charge in [0, 0.05) is 37.1 Å². The highest BCUT2D eigenvalue weighted by molar-refractivity contribution is 5.82. The van der Waals surface area contributed by atoms with Crippen molar-refractivity contribution in [2.75, 3.05) is 29.4 Å². The van der Waals surface area contributed by atoms with Crippen molar-refractivity contribution in [3.63, 3.8) is 0 Å². The molecule has 4 nitrogen and oxygen atoms in total. The number of carbonyl (C=O) groups is 1. The molecule has 0 spiro atoms. The summed E-state index contributed by atoms with van der Waals surface area (Å²) in [6, 6.07) is 13.8. The molecule has 1 N–H and O–H groups in total. The van der Waals surface area contributed by atoms with Crippen LogP contribution < -0.4 is 15.1 Å². The Kier molecular flexibility index (Phi) is 5.38. The fraction of sp³-hybridized carbons (Fsp3) is 0.435. The van der Waals surface area contributed by atoms with Gasteiger partial charge in [-0.05, 0) is 56.2 Å². The lowest BCUT2D eigenvalue weighted by molar-refractivity contribution is -0.137. The Morgan fingerprint density at radius 2 is 1.83 bits per heavy atom. The lowest BCUT2D eigenvalue weighted by Crippen LogP contribution is -2.61. The third kappa shape index (κ3) is 3.98. The summed E-state index contributed by atoms with van der Waals surface area (Å²) in [5.74, 6) is -0.507. The van der Waals surface area contributed by atoms with Crippen LogP contribution in [0, 0.1) is 5.92 Å². The summed E-state index contributed by atoms with van der Waals surface area (Å²) in [5, 5.41) is 2.97. The average molecular weight is 417 g/mol. The van der Waals surface area contributed by atoms with Crippen molar-refractivity contribution in [3.8, 4) is 0 Å². The monoisotopic (exact) mass is 417 g/mol. The van der Waals surface area contributed by atoms with Gasteiger partial charge in [-0.3, -0.25) is 4.79 Å². The second-order valence-electron chi connectivity index (χ2n) is 8.36. The quantitative estimate of drug-likeness (QED) is 0.817. The van der Waals surface area contributed by atoms with E-state index in [9.17, 15) is 18.0 Å². The molecule has 1 fully saturated rings. The molecule has 160 valence electrons. The Labute approximate surface area is 174 Å². The van der Waals surface area contributed by atoms with E-state index in [2.05, 4.69) is 15.1 Å². The number of anilines is 2. The molecule has 0 bridgehead atoms. The van der Waals surface area contributed by atoms with E-state index in [1.807, 2.05) is 44.2 Å². The molecule has 0 aliphatic carbocycles. The lowest BCUT2D eigenvalue weighted by atomic mass is 9.82. The number of amides is 1. The SMILES string of the molecule is CC(C)NC(=O)[C@@H]1Cc2cc(C(F)(F)F)ccc2N2CCN(c3ccccc3)C[C@H]12. The van der Waals surface area contributed by atoms with Gasteiger partial charge in [0.2, 0.25) is 5.91 Å². The molecule has 0 radical (unpaired) electrons. The van der Waals surface area contributed by atoms with Crippen LogP contribution in [-0.2, 0) is 17.4 Å². The molecule has 2 aromatic rings. The highest BCUT2D eigenvalue weighted by Gasteiger charge is 2.42. The summed E-state index contributed by atoms with van der Waals surface area (Å²) in [4.78, 5) is 17.4. The number of benzene rings is 2. The molecule has 1 saturated heterocycles. The third-order valence-electron chi connectivity index (χ3n) is 5.93. The molecule has 2 heterocycles. The number of nitrogens with one attached hydrogen (secondary N) is 1. The Morgan fingerprint density at radius 3 is 2.50 bits per heavy atom. The van der Waals surface area contributed by atoms with Crippen LogP contribution in [0.4, 0.5) is 24.5 Å². The minimum Gasteiger partial charge on any atom is -0.368 e. The third-order valence-corrected chi connectivity index (χ3v) is 5.93. The highest BCUT2D eigenvalue weighted by atomic mass is 19.4. The van der Waals surface area contributed by atoms with Crippen LogP contribution in [0.2, 0.25) is 0 Å². The smallest absolute Gasteiger partial charge is 0.368 e. The lowest BCUT2D eigenvalue weighted by Gasteiger charge is -2.49. The molecule has 0 saturated carbocycles. The molecular weight excluding hydrogens is 391 g/mol. The van der Waals surface area contributed by atoms with Crippen molar-refractivity contribution in [1.29, 1.82) is 0 Å². The van der Waals surface area contributed by atoms with E-state index in [1.165, 1.54) is 6.07 Å². The normalized spacial score (nSPS) is 21.3. The van der Waals surface area contributed by atoms with Gasteiger partial charge in [-0.1, -0.05) is 18.2 Å². The van der Waals surface area contributed by atoms with Gasteiger partial charge in [-0.15, -0.1) is 0 Å². The van der Waals surface area contributed by atoms with Gasteiger partial charge in [0.25, 0.3) is 0 Å². The maximum Gasteiger partial charge on any atom is 0.416 e. The van der Waals surface area contributed by atoms with Gasteiger partial charge in [-0.2, -0.15) is 13.2 Å². The van der Waals surface area contributed by atoms with E-state index in [-0.39, 0.29) is 18.0 Å². The standard InChI is InChI=1S/C23H26F3N3O/c1-15(2)27-22(30)19-13-16-12-17(23(24,25)26)8-9-20(16)29-11-10-28(14-21(19)29)18-6-4-3-5-7-18/h3-9,12,15,19,21H,10-11,13-14H2,1-2H3,(H,27,30)/t19-,21-/m1/s1. The molecule has 30 heavy (non-hydrogen) atoms. The molecule has 2 aromatic carbocycles. The van der Waals surface area contributed by atoms with Crippen molar-refractivity contribution in [2.24, 2.45) is 5.92 Å². The van der Waals surface area contributed by atoms with Gasteiger partial charge >= 0.3 is 6.18 Å². The van der Waals surface area contributed by atoms with Crippen LogP contribution in [0.25, 0.3) is 0 Å². The molecule has 1 amide bonds. The summed E-state index contributed by atoms with van der Waals surface area (Å²) in [5.41, 5.74) is 1.84. The summed E-state index contributed by atoms with van der Waals surface area (Å²) in [6.07, 6.45) is -4.09. The predicted molar refractivity (Wildman–Crippen MR) is 112 cm³/mol. The summed E-state index contributed by atoms with van der Waals surface area (Å²) < 4.78 is 39.8. The van der Waals surface area contributed by atoms with Crippen LogP contribution in [-0.4, -0.2) is 37.6 Å². The number of piperazine rings is 1. The van der Waals surface area contributed by atoms with E-state index < -0.39 is 17.7 Å². The zero-order valence-electron chi connectivity index (χ0n) is 17.1. The van der Waals surface area contributed by atoms with Crippen LogP contribution in [0.5, 0.6) is 0 Å². The number of hydrogen-bond acceptors (Lipinski definition) is 3. The maximum atomic E-state index is 13.3. The van der Waals surface area contributed by atoms with E-state index in [4.69, 9.17) is 0 Å². The summed E-state index contributed by atoms with van der Waals surface area (Å²) in [7, 11) is 0. The molecule has 2 atom stereocenters. The largest absolute Gasteiger partial charge is 0.416 e. The van der Waals surface area contributed by atoms with Gasteiger partial charge in [0.15, 0.2) is 0 Å². The number of carbonyl (C=O) groups excluding carboxylic acids is 1. The van der Waals surface area contributed by atoms with Gasteiger partial charge in [0.1, 0.15) is 0 Å². The van der Waals surface area contributed by atoms with Gasteiger partial charge in [-0.25, -0.2) is 0 Å². The topological polar surface area (TPSA) is 35.6 Å². The zero-order chi connectivity index (χ0) is 21.5.